The van der Waals surface area contributed by atoms with E-state index < -0.39 is 60.4 Å². The van der Waals surface area contributed by atoms with Gasteiger partial charge >= 0.3 is 29.8 Å². The van der Waals surface area contributed by atoms with Crippen molar-refractivity contribution in [2.45, 2.75) is 44.7 Å². The van der Waals surface area contributed by atoms with Gasteiger partial charge in [-0.2, -0.15) is 0 Å². The molecule has 194 valence electrons. The van der Waals surface area contributed by atoms with Crippen molar-refractivity contribution in [2.75, 3.05) is 6.61 Å². The Labute approximate surface area is 213 Å². The Kier molecular flexibility index (Phi) is 8.78. The van der Waals surface area contributed by atoms with Crippen molar-refractivity contribution < 1.29 is 47.7 Å². The third kappa shape index (κ3) is 6.81. The van der Waals surface area contributed by atoms with Gasteiger partial charge in [-0.05, 0) is 36.4 Å². The van der Waals surface area contributed by atoms with Crippen LogP contribution in [0, 0.1) is 0 Å². The molecule has 2 aromatic rings. The minimum atomic E-state index is -2.08. The highest BCUT2D eigenvalue weighted by Gasteiger charge is 2.59. The summed E-state index contributed by atoms with van der Waals surface area (Å²) in [5.41, 5.74) is -1.67. The van der Waals surface area contributed by atoms with E-state index >= 15 is 0 Å². The fraction of sp³-hybridized carbons (Fsp3) is 0.296. The van der Waals surface area contributed by atoms with Crippen molar-refractivity contribution in [3.8, 4) is 0 Å². The van der Waals surface area contributed by atoms with Gasteiger partial charge in [0.25, 0.3) is 0 Å². The first-order valence-electron chi connectivity index (χ1n) is 11.3. The maximum Gasteiger partial charge on any atom is 0.338 e. The fourth-order valence-electron chi connectivity index (χ4n) is 3.82. The van der Waals surface area contributed by atoms with Crippen molar-refractivity contribution in [3.63, 3.8) is 0 Å². The lowest BCUT2D eigenvalue weighted by Crippen LogP contribution is -2.65. The van der Waals surface area contributed by atoms with Gasteiger partial charge in [-0.1, -0.05) is 36.4 Å². The van der Waals surface area contributed by atoms with Crippen LogP contribution in [0.1, 0.15) is 41.5 Å². The molecule has 3 rings (SSSR count). The lowest BCUT2D eigenvalue weighted by Gasteiger charge is -2.45. The molecule has 0 saturated carbocycles. The van der Waals surface area contributed by atoms with Crippen LogP contribution in [0.3, 0.4) is 0 Å². The second-order valence-electron chi connectivity index (χ2n) is 8.17. The Morgan fingerprint density at radius 3 is 1.70 bits per heavy atom. The van der Waals surface area contributed by atoms with Crippen LogP contribution in [-0.2, 0) is 38.1 Å². The zero-order valence-corrected chi connectivity index (χ0v) is 20.4. The summed E-state index contributed by atoms with van der Waals surface area (Å²) in [7, 11) is 0. The molecule has 0 aliphatic heterocycles. The van der Waals surface area contributed by atoms with E-state index in [0.29, 0.717) is 0 Å². The predicted molar refractivity (Wildman–Crippen MR) is 127 cm³/mol. The normalized spacial score (nSPS) is 22.3. The molecule has 0 spiro atoms. The van der Waals surface area contributed by atoms with E-state index in [1.54, 1.807) is 36.4 Å². The van der Waals surface area contributed by atoms with Crippen LogP contribution >= 0.6 is 0 Å². The number of carbonyl (C=O) groups is 5. The van der Waals surface area contributed by atoms with Crippen molar-refractivity contribution >= 4 is 29.8 Å². The second-order valence-corrected chi connectivity index (χ2v) is 8.17. The third-order valence-electron chi connectivity index (χ3n) is 5.36. The summed E-state index contributed by atoms with van der Waals surface area (Å²) in [5.74, 6) is -3.94. The maximum absolute atomic E-state index is 12.9. The van der Waals surface area contributed by atoms with Gasteiger partial charge in [-0.25, -0.2) is 9.59 Å². The zero-order valence-electron chi connectivity index (χ0n) is 20.4. The summed E-state index contributed by atoms with van der Waals surface area (Å²) in [6.45, 7) is 2.64. The Morgan fingerprint density at radius 1 is 0.676 bits per heavy atom. The standard InChI is InChI=1S/C27H26O10/c1-17(28)33-16-27(37-19(3)30)23(36-26(32)21-12-8-5-9-13-21)15-14-22(24(27)34-18(2)29)35-25(31)20-10-6-4-7-11-20/h4-15,22-24H,16H2,1-3H3/t22-,23+,24+,27-/m1/s1. The molecule has 1 aliphatic rings. The van der Waals surface area contributed by atoms with E-state index in [9.17, 15) is 24.0 Å². The van der Waals surface area contributed by atoms with Gasteiger partial charge in [0.1, 0.15) is 6.61 Å². The first-order valence-corrected chi connectivity index (χ1v) is 11.3. The molecule has 10 nitrogen and oxygen atoms in total. The highest BCUT2D eigenvalue weighted by molar-refractivity contribution is 5.90. The summed E-state index contributed by atoms with van der Waals surface area (Å²) in [6, 6.07) is 16.1. The molecule has 0 amide bonds. The van der Waals surface area contributed by atoms with Crippen LogP contribution in [0.25, 0.3) is 0 Å². The Bertz CT molecular complexity index is 1170. The summed E-state index contributed by atoms with van der Waals surface area (Å²) < 4.78 is 27.5. The van der Waals surface area contributed by atoms with E-state index in [1.165, 1.54) is 36.4 Å². The maximum atomic E-state index is 12.9. The predicted octanol–water partition coefficient (Wildman–Crippen LogP) is 2.80. The van der Waals surface area contributed by atoms with E-state index in [-0.39, 0.29) is 11.1 Å². The SMILES string of the molecule is CC(=O)OC[C@@]1(OC(C)=O)[C@@H](OC(=O)c2ccccc2)C=C[C@@H](OC(=O)c2ccccc2)[C@@H]1OC(C)=O. The highest BCUT2D eigenvalue weighted by atomic mass is 16.7. The summed E-state index contributed by atoms with van der Waals surface area (Å²) in [6.07, 6.45) is -1.54. The van der Waals surface area contributed by atoms with Crippen molar-refractivity contribution in [2.24, 2.45) is 0 Å². The second kappa shape index (κ2) is 12.0. The number of hydrogen-bond donors (Lipinski definition) is 0. The summed E-state index contributed by atoms with van der Waals surface area (Å²) in [5, 5.41) is 0. The van der Waals surface area contributed by atoms with E-state index in [2.05, 4.69) is 0 Å². The van der Waals surface area contributed by atoms with Gasteiger partial charge in [0.05, 0.1) is 11.1 Å². The van der Waals surface area contributed by atoms with Gasteiger partial charge in [-0.3, -0.25) is 14.4 Å². The van der Waals surface area contributed by atoms with Crippen LogP contribution < -0.4 is 0 Å². The molecule has 10 heteroatoms. The summed E-state index contributed by atoms with van der Waals surface area (Å²) >= 11 is 0. The van der Waals surface area contributed by atoms with Crippen LogP contribution in [0.4, 0.5) is 0 Å². The van der Waals surface area contributed by atoms with Gasteiger partial charge in [0.2, 0.25) is 5.60 Å². The van der Waals surface area contributed by atoms with Crippen LogP contribution in [0.5, 0.6) is 0 Å². The van der Waals surface area contributed by atoms with Crippen LogP contribution in [0.15, 0.2) is 72.8 Å². The monoisotopic (exact) mass is 510 g/mol. The molecule has 0 heterocycles. The van der Waals surface area contributed by atoms with Gasteiger partial charge in [0.15, 0.2) is 18.3 Å². The molecular formula is C27H26O10. The molecule has 37 heavy (non-hydrogen) atoms. The largest absolute Gasteiger partial charge is 0.461 e. The molecule has 0 unspecified atom stereocenters. The highest BCUT2D eigenvalue weighted by Crippen LogP contribution is 2.36. The Balaban J connectivity index is 2.07. The molecule has 0 bridgehead atoms. The average molecular weight is 510 g/mol. The molecule has 0 saturated heterocycles. The Morgan fingerprint density at radius 2 is 1.22 bits per heavy atom. The van der Waals surface area contributed by atoms with Crippen molar-refractivity contribution in [1.29, 1.82) is 0 Å². The minimum Gasteiger partial charge on any atom is -0.461 e. The van der Waals surface area contributed by atoms with E-state index in [0.717, 1.165) is 20.8 Å². The minimum absolute atomic E-state index is 0.196. The first-order chi connectivity index (χ1) is 17.6. The molecule has 0 radical (unpaired) electrons. The lowest BCUT2D eigenvalue weighted by atomic mass is 9.81. The lowest BCUT2D eigenvalue weighted by molar-refractivity contribution is -0.226. The molecule has 0 fully saturated rings. The molecule has 2 aromatic carbocycles. The third-order valence-corrected chi connectivity index (χ3v) is 5.36. The Hall–Kier alpha value is -4.47. The number of hydrogen-bond acceptors (Lipinski definition) is 10. The first kappa shape index (κ1) is 27.1. The molecule has 1 aliphatic carbocycles. The number of carbonyl (C=O) groups excluding carboxylic acids is 5. The van der Waals surface area contributed by atoms with Crippen molar-refractivity contribution in [3.05, 3.63) is 83.9 Å². The molecular weight excluding hydrogens is 484 g/mol. The van der Waals surface area contributed by atoms with E-state index in [1.807, 2.05) is 0 Å². The van der Waals surface area contributed by atoms with Gasteiger partial charge in [0, 0.05) is 20.8 Å². The smallest absolute Gasteiger partial charge is 0.338 e. The molecule has 0 aromatic heterocycles. The van der Waals surface area contributed by atoms with E-state index in [4.69, 9.17) is 23.7 Å². The van der Waals surface area contributed by atoms with Gasteiger partial charge < -0.3 is 23.7 Å². The summed E-state index contributed by atoms with van der Waals surface area (Å²) in [4.78, 5) is 61.9. The number of benzene rings is 2. The molecule has 0 N–H and O–H groups in total. The van der Waals surface area contributed by atoms with Gasteiger partial charge in [-0.15, -0.1) is 0 Å². The van der Waals surface area contributed by atoms with Crippen LogP contribution in [0.2, 0.25) is 0 Å². The zero-order chi connectivity index (χ0) is 27.0. The topological polar surface area (TPSA) is 132 Å². The number of ether oxygens (including phenoxy) is 5. The number of esters is 5. The molecule has 4 atom stereocenters. The van der Waals surface area contributed by atoms with Crippen LogP contribution in [-0.4, -0.2) is 60.4 Å². The average Bonchev–Trinajstić information content (AvgIpc) is 2.86. The van der Waals surface area contributed by atoms with Crippen molar-refractivity contribution in [1.82, 2.24) is 0 Å². The number of rotatable bonds is 8. The fourth-order valence-corrected chi connectivity index (χ4v) is 3.82. The quantitative estimate of drug-likeness (QED) is 0.297.